The molecule has 164 valence electrons. The lowest BCUT2D eigenvalue weighted by atomic mass is 9.98. The van der Waals surface area contributed by atoms with E-state index in [1.165, 1.54) is 18.2 Å². The molecule has 1 aliphatic carbocycles. The number of primary amides is 1. The smallest absolute Gasteiger partial charge is 0.407 e. The van der Waals surface area contributed by atoms with E-state index < -0.39 is 24.2 Å². The summed E-state index contributed by atoms with van der Waals surface area (Å²) in [7, 11) is 0. The van der Waals surface area contributed by atoms with Crippen molar-refractivity contribution >= 4 is 12.0 Å². The maximum atomic E-state index is 12.2. The molecule has 1 heterocycles. The van der Waals surface area contributed by atoms with E-state index in [2.05, 4.69) is 10.3 Å². The number of nitrogens with zero attached hydrogens (tertiary/aromatic N) is 1. The predicted octanol–water partition coefficient (Wildman–Crippen LogP) is 2.11. The molecule has 3 aromatic rings. The number of carbonyl (C=O) groups excluding carboxylic acids is 2. The number of aliphatic hydroxyl groups excluding tert-OH is 2. The first-order valence-electron chi connectivity index (χ1n) is 10.2. The minimum Gasteiger partial charge on any atom is -0.449 e. The maximum absolute atomic E-state index is 12.2. The molecule has 1 aromatic heterocycles. The number of aliphatic hydroxyl groups is 2. The Kier molecular flexibility index (Phi) is 6.16. The molecule has 8 nitrogen and oxygen atoms in total. The number of aromatic nitrogens is 1. The van der Waals surface area contributed by atoms with Crippen LogP contribution in [-0.2, 0) is 4.74 Å². The standard InChI is InChI=1S/C24H23N3O5/c25-23(30)20-11-5-10-19(27-20)22(29)21(28)12-26-24(31)32-13-18-16-8-3-1-6-14(16)15-7-2-4-9-17(15)18/h1-11,18,21-22,28-29H,12-13H2,(H2,25,30)(H,26,31). The topological polar surface area (TPSA) is 135 Å². The molecular formula is C24H23N3O5. The molecular weight excluding hydrogens is 410 g/mol. The van der Waals surface area contributed by atoms with Gasteiger partial charge in [0, 0.05) is 12.5 Å². The van der Waals surface area contributed by atoms with E-state index in [0.717, 1.165) is 22.3 Å². The molecule has 0 spiro atoms. The first-order valence-corrected chi connectivity index (χ1v) is 10.2. The number of nitrogens with one attached hydrogen (secondary N) is 1. The highest BCUT2D eigenvalue weighted by atomic mass is 16.5. The van der Waals surface area contributed by atoms with Crippen LogP contribution in [-0.4, -0.2) is 46.5 Å². The Balaban J connectivity index is 1.34. The monoisotopic (exact) mass is 433 g/mol. The molecule has 2 unspecified atom stereocenters. The number of alkyl carbamates (subject to hydrolysis) is 1. The van der Waals surface area contributed by atoms with Crippen LogP contribution in [0.4, 0.5) is 4.79 Å². The second-order valence-electron chi connectivity index (χ2n) is 7.53. The SMILES string of the molecule is NC(=O)c1cccc(C(O)C(O)CNC(=O)OCC2c3ccccc3-c3ccccc32)n1. The van der Waals surface area contributed by atoms with Crippen LogP contribution in [0.2, 0.25) is 0 Å². The molecule has 0 saturated carbocycles. The van der Waals surface area contributed by atoms with Crippen LogP contribution in [0, 0.1) is 0 Å². The molecule has 5 N–H and O–H groups in total. The van der Waals surface area contributed by atoms with Gasteiger partial charge in [0.1, 0.15) is 24.5 Å². The van der Waals surface area contributed by atoms with Gasteiger partial charge < -0.3 is 26.0 Å². The summed E-state index contributed by atoms with van der Waals surface area (Å²) in [6.45, 7) is -0.124. The lowest BCUT2D eigenvalue weighted by Crippen LogP contribution is -2.36. The van der Waals surface area contributed by atoms with E-state index in [-0.39, 0.29) is 30.5 Å². The van der Waals surface area contributed by atoms with E-state index in [4.69, 9.17) is 10.5 Å². The summed E-state index contributed by atoms with van der Waals surface area (Å²) < 4.78 is 5.41. The Hall–Kier alpha value is -3.75. The zero-order valence-electron chi connectivity index (χ0n) is 17.1. The minimum atomic E-state index is -1.41. The van der Waals surface area contributed by atoms with E-state index in [9.17, 15) is 19.8 Å². The molecule has 2 aromatic carbocycles. The van der Waals surface area contributed by atoms with Crippen molar-refractivity contribution in [2.45, 2.75) is 18.1 Å². The Bertz CT molecular complexity index is 1100. The van der Waals surface area contributed by atoms with Crippen LogP contribution < -0.4 is 11.1 Å². The van der Waals surface area contributed by atoms with Crippen LogP contribution in [0.5, 0.6) is 0 Å². The molecule has 2 atom stereocenters. The van der Waals surface area contributed by atoms with Crippen LogP contribution in [0.25, 0.3) is 11.1 Å². The summed E-state index contributed by atoms with van der Waals surface area (Å²) in [5.41, 5.74) is 9.67. The van der Waals surface area contributed by atoms with Gasteiger partial charge in [-0.15, -0.1) is 0 Å². The van der Waals surface area contributed by atoms with Crippen LogP contribution in [0.15, 0.2) is 66.7 Å². The van der Waals surface area contributed by atoms with Crippen LogP contribution >= 0.6 is 0 Å². The first kappa shape index (κ1) is 21.5. The van der Waals surface area contributed by atoms with Gasteiger partial charge in [0.25, 0.3) is 5.91 Å². The number of hydrogen-bond acceptors (Lipinski definition) is 6. The third kappa shape index (κ3) is 4.32. The molecule has 0 fully saturated rings. The van der Waals surface area contributed by atoms with Gasteiger partial charge in [-0.1, -0.05) is 54.6 Å². The molecule has 2 amide bonds. The molecule has 8 heteroatoms. The Labute approximate surface area is 184 Å². The van der Waals surface area contributed by atoms with Crippen molar-refractivity contribution in [1.29, 1.82) is 0 Å². The van der Waals surface area contributed by atoms with Crippen molar-refractivity contribution < 1.29 is 24.5 Å². The van der Waals surface area contributed by atoms with Crippen molar-refractivity contribution in [2.24, 2.45) is 5.73 Å². The lowest BCUT2D eigenvalue weighted by molar-refractivity contribution is 0.0160. The van der Waals surface area contributed by atoms with Crippen LogP contribution in [0.3, 0.4) is 0 Å². The number of ether oxygens (including phenoxy) is 1. The van der Waals surface area contributed by atoms with Crippen molar-refractivity contribution in [3.8, 4) is 11.1 Å². The Morgan fingerprint density at radius 1 is 0.969 bits per heavy atom. The molecule has 1 aliphatic rings. The summed E-state index contributed by atoms with van der Waals surface area (Å²) in [5.74, 6) is -0.824. The van der Waals surface area contributed by atoms with Gasteiger partial charge in [-0.2, -0.15) is 0 Å². The molecule has 32 heavy (non-hydrogen) atoms. The number of nitrogens with two attached hydrogens (primary N) is 1. The summed E-state index contributed by atoms with van der Waals surface area (Å²) in [5, 5.41) is 22.9. The van der Waals surface area contributed by atoms with Gasteiger partial charge in [0.05, 0.1) is 5.69 Å². The summed E-state index contributed by atoms with van der Waals surface area (Å²) in [6, 6.07) is 20.4. The number of rotatable bonds is 7. The van der Waals surface area contributed by atoms with Gasteiger partial charge in [-0.25, -0.2) is 9.78 Å². The van der Waals surface area contributed by atoms with E-state index in [0.29, 0.717) is 0 Å². The molecule has 0 aliphatic heterocycles. The number of fused-ring (bicyclic) bond motifs is 3. The molecule has 0 saturated heterocycles. The molecule has 4 rings (SSSR count). The van der Waals surface area contributed by atoms with Crippen molar-refractivity contribution in [3.05, 3.63) is 89.2 Å². The average molecular weight is 433 g/mol. The zero-order valence-corrected chi connectivity index (χ0v) is 17.1. The van der Waals surface area contributed by atoms with Crippen molar-refractivity contribution in [1.82, 2.24) is 10.3 Å². The quantitative estimate of drug-likeness (QED) is 0.451. The van der Waals surface area contributed by atoms with Gasteiger partial charge in [0.2, 0.25) is 0 Å². The van der Waals surface area contributed by atoms with E-state index in [1.807, 2.05) is 48.5 Å². The largest absolute Gasteiger partial charge is 0.449 e. The molecule has 0 radical (unpaired) electrons. The summed E-state index contributed by atoms with van der Waals surface area (Å²) in [4.78, 5) is 27.4. The highest BCUT2D eigenvalue weighted by Gasteiger charge is 2.29. The third-order valence-corrected chi connectivity index (χ3v) is 5.49. The Morgan fingerprint density at radius 2 is 1.59 bits per heavy atom. The fraction of sp³-hybridized carbons (Fsp3) is 0.208. The second-order valence-corrected chi connectivity index (χ2v) is 7.53. The molecule has 0 bridgehead atoms. The Morgan fingerprint density at radius 3 is 2.22 bits per heavy atom. The summed E-state index contributed by atoms with van der Waals surface area (Å²) in [6.07, 6.45) is -3.48. The van der Waals surface area contributed by atoms with Crippen LogP contribution in [0.1, 0.15) is 39.3 Å². The van der Waals surface area contributed by atoms with E-state index >= 15 is 0 Å². The number of amides is 2. The normalized spacial score (nSPS) is 14.2. The van der Waals surface area contributed by atoms with E-state index in [1.54, 1.807) is 0 Å². The van der Waals surface area contributed by atoms with Gasteiger partial charge in [0.15, 0.2) is 0 Å². The highest BCUT2D eigenvalue weighted by Crippen LogP contribution is 2.44. The summed E-state index contributed by atoms with van der Waals surface area (Å²) >= 11 is 0. The first-order chi connectivity index (χ1) is 15.5. The maximum Gasteiger partial charge on any atom is 0.407 e. The number of pyridine rings is 1. The fourth-order valence-corrected chi connectivity index (χ4v) is 3.90. The fourth-order valence-electron chi connectivity index (χ4n) is 3.90. The number of benzene rings is 2. The van der Waals surface area contributed by atoms with Crippen molar-refractivity contribution in [3.63, 3.8) is 0 Å². The number of carbonyl (C=O) groups is 2. The third-order valence-electron chi connectivity index (χ3n) is 5.49. The minimum absolute atomic E-state index is 0.0294. The number of hydrogen-bond donors (Lipinski definition) is 4. The predicted molar refractivity (Wildman–Crippen MR) is 117 cm³/mol. The van der Waals surface area contributed by atoms with Gasteiger partial charge >= 0.3 is 6.09 Å². The van der Waals surface area contributed by atoms with Gasteiger partial charge in [-0.3, -0.25) is 4.79 Å². The zero-order chi connectivity index (χ0) is 22.7. The van der Waals surface area contributed by atoms with Gasteiger partial charge in [-0.05, 0) is 34.4 Å². The van der Waals surface area contributed by atoms with Crippen molar-refractivity contribution in [2.75, 3.05) is 13.2 Å². The second kappa shape index (κ2) is 9.17. The highest BCUT2D eigenvalue weighted by molar-refractivity contribution is 5.90. The average Bonchev–Trinajstić information content (AvgIpc) is 3.14. The lowest BCUT2D eigenvalue weighted by Gasteiger charge is -2.19.